The van der Waals surface area contributed by atoms with Crippen molar-refractivity contribution in [2.24, 2.45) is 17.8 Å². The fourth-order valence-corrected chi connectivity index (χ4v) is 4.25. The molecule has 1 aromatic rings. The van der Waals surface area contributed by atoms with Crippen LogP contribution in [0, 0.1) is 35.2 Å². The number of rotatable bonds is 3. The molecule has 2 fully saturated rings. The van der Waals surface area contributed by atoms with Crippen molar-refractivity contribution in [2.75, 3.05) is 0 Å². The lowest BCUT2D eigenvalue weighted by Crippen LogP contribution is -2.14. The second-order valence-electron chi connectivity index (χ2n) is 7.82. The first-order valence-electron chi connectivity index (χ1n) is 9.35. The van der Waals surface area contributed by atoms with Gasteiger partial charge in [0.1, 0.15) is 0 Å². The second-order valence-corrected chi connectivity index (χ2v) is 7.82. The highest BCUT2D eigenvalue weighted by Gasteiger charge is 2.24. The Morgan fingerprint density at radius 2 is 1.21 bits per heavy atom. The maximum Gasteiger partial charge on any atom is 0.194 e. The summed E-state index contributed by atoms with van der Waals surface area (Å²) in [5, 5.41) is 0. The van der Waals surface area contributed by atoms with E-state index in [1.54, 1.807) is 0 Å². The van der Waals surface area contributed by atoms with E-state index in [1.807, 2.05) is 0 Å². The number of hydrogen-bond donors (Lipinski definition) is 0. The van der Waals surface area contributed by atoms with Gasteiger partial charge in [-0.15, -0.1) is 0 Å². The smallest absolute Gasteiger partial charge is 0.194 e. The zero-order chi connectivity index (χ0) is 17.1. The van der Waals surface area contributed by atoms with E-state index in [0.717, 1.165) is 37.5 Å². The van der Waals surface area contributed by atoms with Crippen LogP contribution in [0.1, 0.15) is 69.8 Å². The fraction of sp³-hybridized carbons (Fsp3) is 0.619. The summed E-state index contributed by atoms with van der Waals surface area (Å²) in [7, 11) is 0. The van der Waals surface area contributed by atoms with Gasteiger partial charge in [-0.1, -0.05) is 31.9 Å². The third-order valence-electron chi connectivity index (χ3n) is 5.97. The zero-order valence-corrected chi connectivity index (χ0v) is 14.4. The van der Waals surface area contributed by atoms with Crippen molar-refractivity contribution in [3.05, 3.63) is 47.3 Å². The van der Waals surface area contributed by atoms with Gasteiger partial charge in [0, 0.05) is 0 Å². The average molecular weight is 336 g/mol. The lowest BCUT2D eigenvalue weighted by molar-refractivity contribution is 0.326. The fourth-order valence-electron chi connectivity index (χ4n) is 4.25. The minimum atomic E-state index is -1.36. The van der Waals surface area contributed by atoms with E-state index >= 15 is 0 Å². The van der Waals surface area contributed by atoms with Crippen LogP contribution in [0.5, 0.6) is 0 Å². The highest BCUT2D eigenvalue weighted by Crippen LogP contribution is 2.38. The van der Waals surface area contributed by atoms with E-state index in [0.29, 0.717) is 11.5 Å². The van der Waals surface area contributed by atoms with Crippen LogP contribution in [0.25, 0.3) is 0 Å². The molecule has 24 heavy (non-hydrogen) atoms. The monoisotopic (exact) mass is 336 g/mol. The van der Waals surface area contributed by atoms with Crippen LogP contribution in [0.3, 0.4) is 0 Å². The first-order valence-corrected chi connectivity index (χ1v) is 9.35. The van der Waals surface area contributed by atoms with Crippen molar-refractivity contribution in [1.82, 2.24) is 0 Å². The number of halogens is 3. The summed E-state index contributed by atoms with van der Waals surface area (Å²) in [5.74, 6) is -1.17. The molecule has 2 aliphatic carbocycles. The van der Waals surface area contributed by atoms with Gasteiger partial charge in [0.05, 0.1) is 0 Å². The molecule has 132 valence electrons. The molecular formula is C21H27F3. The Bertz CT molecular complexity index is 554. The van der Waals surface area contributed by atoms with Gasteiger partial charge in [0.25, 0.3) is 0 Å². The van der Waals surface area contributed by atoms with E-state index in [9.17, 15) is 13.2 Å². The molecule has 0 saturated heterocycles. The largest absolute Gasteiger partial charge is 0.204 e. The molecule has 1 aromatic carbocycles. The molecule has 3 heteroatoms. The number of allylic oxidation sites excluding steroid dienone is 2. The van der Waals surface area contributed by atoms with E-state index in [4.69, 9.17) is 0 Å². The third kappa shape index (κ3) is 4.23. The molecule has 2 saturated carbocycles. The molecule has 0 N–H and O–H groups in total. The van der Waals surface area contributed by atoms with Gasteiger partial charge in [0.2, 0.25) is 0 Å². The topological polar surface area (TPSA) is 0 Å². The molecule has 3 rings (SSSR count). The molecule has 0 unspecified atom stereocenters. The van der Waals surface area contributed by atoms with Gasteiger partial charge in [-0.3, -0.25) is 0 Å². The predicted octanol–water partition coefficient (Wildman–Crippen LogP) is 6.76. The summed E-state index contributed by atoms with van der Waals surface area (Å²) in [6, 6.07) is 2.34. The summed E-state index contributed by atoms with van der Waals surface area (Å²) >= 11 is 0. The van der Waals surface area contributed by atoms with Gasteiger partial charge in [-0.25, -0.2) is 13.2 Å². The van der Waals surface area contributed by atoms with Crippen LogP contribution in [0.4, 0.5) is 13.2 Å². The van der Waals surface area contributed by atoms with E-state index in [2.05, 4.69) is 19.1 Å². The van der Waals surface area contributed by atoms with Gasteiger partial charge >= 0.3 is 0 Å². The standard InChI is InChI=1S/C21H27F3/c1-14-2-4-15(5-3-14)6-7-16-8-10-17(11-9-16)18-12-19(22)21(24)20(23)13-18/h6-7,12-17H,2-5,8-11H2,1H3. The summed E-state index contributed by atoms with van der Waals surface area (Å²) in [6.07, 6.45) is 14.0. The minimum absolute atomic E-state index is 0.148. The van der Waals surface area contributed by atoms with Crippen LogP contribution >= 0.6 is 0 Å². The summed E-state index contributed by atoms with van der Waals surface area (Å²) in [6.45, 7) is 2.34. The van der Waals surface area contributed by atoms with Gasteiger partial charge in [-0.2, -0.15) is 0 Å². The van der Waals surface area contributed by atoms with Crippen LogP contribution < -0.4 is 0 Å². The Balaban J connectivity index is 1.52. The van der Waals surface area contributed by atoms with Gasteiger partial charge in [-0.05, 0) is 79.9 Å². The lowest BCUT2D eigenvalue weighted by Gasteiger charge is -2.28. The Kier molecular flexibility index (Phi) is 5.68. The van der Waals surface area contributed by atoms with Crippen molar-refractivity contribution >= 4 is 0 Å². The van der Waals surface area contributed by atoms with Gasteiger partial charge < -0.3 is 0 Å². The molecule has 0 spiro atoms. The molecule has 0 heterocycles. The minimum Gasteiger partial charge on any atom is -0.204 e. The molecular weight excluding hydrogens is 309 g/mol. The molecule has 0 bridgehead atoms. The molecule has 0 radical (unpaired) electrons. The van der Waals surface area contributed by atoms with Crippen molar-refractivity contribution in [2.45, 2.75) is 64.2 Å². The maximum atomic E-state index is 13.4. The maximum absolute atomic E-state index is 13.4. The molecule has 0 atom stereocenters. The Morgan fingerprint density at radius 3 is 1.71 bits per heavy atom. The highest BCUT2D eigenvalue weighted by atomic mass is 19.2. The van der Waals surface area contributed by atoms with Crippen molar-refractivity contribution < 1.29 is 13.2 Å². The van der Waals surface area contributed by atoms with Crippen LogP contribution in [0.2, 0.25) is 0 Å². The first kappa shape index (κ1) is 17.6. The second kappa shape index (κ2) is 7.76. The first-order chi connectivity index (χ1) is 11.5. The van der Waals surface area contributed by atoms with E-state index in [1.165, 1.54) is 37.8 Å². The Hall–Kier alpha value is -1.25. The van der Waals surface area contributed by atoms with E-state index < -0.39 is 17.5 Å². The zero-order valence-electron chi connectivity index (χ0n) is 14.4. The van der Waals surface area contributed by atoms with Crippen LogP contribution in [-0.2, 0) is 0 Å². The number of benzene rings is 1. The van der Waals surface area contributed by atoms with Crippen LogP contribution in [0.15, 0.2) is 24.3 Å². The summed E-state index contributed by atoms with van der Waals surface area (Å²) < 4.78 is 39.9. The van der Waals surface area contributed by atoms with Crippen molar-refractivity contribution in [3.63, 3.8) is 0 Å². The average Bonchev–Trinajstić information content (AvgIpc) is 2.59. The molecule has 0 aliphatic heterocycles. The predicted molar refractivity (Wildman–Crippen MR) is 91.3 cm³/mol. The molecule has 0 aromatic heterocycles. The van der Waals surface area contributed by atoms with Gasteiger partial charge in [0.15, 0.2) is 17.5 Å². The van der Waals surface area contributed by atoms with Crippen molar-refractivity contribution in [1.29, 1.82) is 0 Å². The van der Waals surface area contributed by atoms with E-state index in [-0.39, 0.29) is 5.92 Å². The third-order valence-corrected chi connectivity index (χ3v) is 5.97. The summed E-state index contributed by atoms with van der Waals surface area (Å²) in [4.78, 5) is 0. The summed E-state index contributed by atoms with van der Waals surface area (Å²) in [5.41, 5.74) is 0.607. The molecule has 0 nitrogen and oxygen atoms in total. The molecule has 0 amide bonds. The van der Waals surface area contributed by atoms with Crippen LogP contribution in [-0.4, -0.2) is 0 Å². The molecule has 2 aliphatic rings. The normalized spacial score (nSPS) is 31.5. The van der Waals surface area contributed by atoms with Crippen molar-refractivity contribution in [3.8, 4) is 0 Å². The highest BCUT2D eigenvalue weighted by molar-refractivity contribution is 5.23. The lowest BCUT2D eigenvalue weighted by atomic mass is 9.77. The quantitative estimate of drug-likeness (QED) is 0.422. The Morgan fingerprint density at radius 1 is 0.750 bits per heavy atom. The number of hydrogen-bond acceptors (Lipinski definition) is 0. The Labute approximate surface area is 143 Å². The SMILES string of the molecule is CC1CCC(C=CC2CCC(c3cc(F)c(F)c(F)c3)CC2)CC1.